The zero-order valence-electron chi connectivity index (χ0n) is 6.82. The maximum absolute atomic E-state index is 12.6. The van der Waals surface area contributed by atoms with Crippen LogP contribution >= 0.6 is 0 Å². The Morgan fingerprint density at radius 2 is 1.50 bits per heavy atom. The fourth-order valence-electron chi connectivity index (χ4n) is 0.450. The number of ether oxygens (including phenoxy) is 1. The van der Waals surface area contributed by atoms with Crippen LogP contribution < -0.4 is 0 Å². The average Bonchev–Trinajstić information content (AvgIpc) is 1.60. The Morgan fingerprint density at radius 1 is 1.10 bits per heavy atom. The van der Waals surface area contributed by atoms with Crippen LogP contribution in [0.3, 0.4) is 0 Å². The Labute approximate surface area is 60.4 Å². The minimum absolute atomic E-state index is 0.419. The first-order chi connectivity index (χ1) is 4.36. The molecular weight excluding hydrogens is 138 g/mol. The van der Waals surface area contributed by atoms with E-state index in [9.17, 15) is 8.78 Å². The predicted octanol–water partition coefficient (Wildman–Crippen LogP) is 2.66. The molecule has 10 heavy (non-hydrogen) atoms. The van der Waals surface area contributed by atoms with Crippen LogP contribution in [-0.2, 0) is 4.74 Å². The molecule has 0 aromatic heterocycles. The van der Waals surface area contributed by atoms with Crippen LogP contribution in [0.15, 0.2) is 0 Å². The Balaban J connectivity index is 3.87. The van der Waals surface area contributed by atoms with Gasteiger partial charge in [0.05, 0.1) is 6.10 Å². The molecule has 0 atom stereocenters. The maximum atomic E-state index is 12.6. The van der Waals surface area contributed by atoms with Crippen molar-refractivity contribution in [2.75, 3.05) is 0 Å². The lowest BCUT2D eigenvalue weighted by Crippen LogP contribution is -2.30. The highest BCUT2D eigenvalue weighted by Gasteiger charge is 2.35. The molecule has 0 N–H and O–H groups in total. The summed E-state index contributed by atoms with van der Waals surface area (Å²) < 4.78 is 29.5. The first kappa shape index (κ1) is 9.82. The molecule has 0 aromatic carbocycles. The number of halogens is 2. The molecule has 3 heteroatoms. The van der Waals surface area contributed by atoms with Crippen molar-refractivity contribution in [3.8, 4) is 0 Å². The average molecular weight is 152 g/mol. The van der Waals surface area contributed by atoms with E-state index in [2.05, 4.69) is 4.74 Å². The van der Waals surface area contributed by atoms with E-state index >= 15 is 0 Å². The second kappa shape index (κ2) is 3.28. The number of rotatable bonds is 3. The van der Waals surface area contributed by atoms with Gasteiger partial charge in [0, 0.05) is 5.92 Å². The van der Waals surface area contributed by atoms with Crippen LogP contribution in [0.2, 0.25) is 0 Å². The van der Waals surface area contributed by atoms with Crippen molar-refractivity contribution in [2.24, 2.45) is 5.92 Å². The highest BCUT2D eigenvalue weighted by molar-refractivity contribution is 4.58. The summed E-state index contributed by atoms with van der Waals surface area (Å²) in [5.41, 5.74) is 0. The summed E-state index contributed by atoms with van der Waals surface area (Å²) in [6.45, 7) is 6.05. The minimum atomic E-state index is -2.98. The zero-order valence-corrected chi connectivity index (χ0v) is 6.82. The molecule has 0 unspecified atom stereocenters. The predicted molar refractivity (Wildman–Crippen MR) is 36.0 cm³/mol. The van der Waals surface area contributed by atoms with E-state index in [1.807, 2.05) is 0 Å². The molecule has 0 saturated carbocycles. The van der Waals surface area contributed by atoms with E-state index in [1.165, 1.54) is 13.8 Å². The first-order valence-electron chi connectivity index (χ1n) is 3.42. The normalized spacial score (nSPS) is 13.2. The van der Waals surface area contributed by atoms with Gasteiger partial charge < -0.3 is 4.74 Å². The van der Waals surface area contributed by atoms with E-state index in [-0.39, 0.29) is 0 Å². The van der Waals surface area contributed by atoms with Crippen LogP contribution in [0.4, 0.5) is 8.78 Å². The molecule has 0 bridgehead atoms. The van der Waals surface area contributed by atoms with Crippen LogP contribution in [0.1, 0.15) is 27.7 Å². The van der Waals surface area contributed by atoms with Crippen molar-refractivity contribution in [2.45, 2.75) is 39.9 Å². The molecule has 0 rings (SSSR count). The molecule has 0 spiro atoms. The first-order valence-corrected chi connectivity index (χ1v) is 3.42. The van der Waals surface area contributed by atoms with Gasteiger partial charge in [-0.05, 0) is 13.8 Å². The highest BCUT2D eigenvalue weighted by atomic mass is 19.3. The molecule has 0 aliphatic carbocycles. The molecule has 0 radical (unpaired) electrons. The van der Waals surface area contributed by atoms with Crippen LogP contribution in [0.25, 0.3) is 0 Å². The second-order valence-electron chi connectivity index (χ2n) is 2.88. The number of hydrogen-bond acceptors (Lipinski definition) is 1. The van der Waals surface area contributed by atoms with E-state index in [0.29, 0.717) is 0 Å². The molecular formula is C7H14F2O. The van der Waals surface area contributed by atoms with Gasteiger partial charge in [-0.1, -0.05) is 13.8 Å². The second-order valence-corrected chi connectivity index (χ2v) is 2.88. The van der Waals surface area contributed by atoms with Gasteiger partial charge in [-0.3, -0.25) is 0 Å². The van der Waals surface area contributed by atoms with Gasteiger partial charge in [-0.25, -0.2) is 0 Å². The van der Waals surface area contributed by atoms with Gasteiger partial charge >= 0.3 is 6.11 Å². The lowest BCUT2D eigenvalue weighted by atomic mass is 10.2. The topological polar surface area (TPSA) is 9.23 Å². The molecule has 0 amide bonds. The van der Waals surface area contributed by atoms with Gasteiger partial charge in [-0.2, -0.15) is 8.78 Å². The smallest absolute Gasteiger partial charge is 0.318 e. The number of hydrogen-bond donors (Lipinski definition) is 0. The van der Waals surface area contributed by atoms with Crippen LogP contribution in [-0.4, -0.2) is 12.2 Å². The maximum Gasteiger partial charge on any atom is 0.358 e. The molecule has 0 aliphatic heterocycles. The molecule has 1 nitrogen and oxygen atoms in total. The van der Waals surface area contributed by atoms with E-state index in [0.717, 1.165) is 0 Å². The highest BCUT2D eigenvalue weighted by Crippen LogP contribution is 2.26. The van der Waals surface area contributed by atoms with Gasteiger partial charge in [0.1, 0.15) is 0 Å². The van der Waals surface area contributed by atoms with Gasteiger partial charge in [0.2, 0.25) is 0 Å². The Bertz CT molecular complexity index is 99.8. The summed E-state index contributed by atoms with van der Waals surface area (Å²) in [6.07, 6.45) is -3.40. The molecule has 0 aliphatic rings. The third-order valence-corrected chi connectivity index (χ3v) is 1.06. The largest absolute Gasteiger partial charge is 0.358 e. The fourth-order valence-corrected chi connectivity index (χ4v) is 0.450. The lowest BCUT2D eigenvalue weighted by Gasteiger charge is -2.22. The molecule has 0 fully saturated rings. The standard InChI is InChI=1S/C7H14F2O/c1-5(2)7(8,9)10-6(3)4/h5-6H,1-4H3. The lowest BCUT2D eigenvalue weighted by molar-refractivity contribution is -0.280. The Hall–Kier alpha value is -0.180. The van der Waals surface area contributed by atoms with Gasteiger partial charge in [0.15, 0.2) is 0 Å². The summed E-state index contributed by atoms with van der Waals surface area (Å²) in [6, 6.07) is 0. The van der Waals surface area contributed by atoms with Crippen molar-refractivity contribution in [3.05, 3.63) is 0 Å². The third-order valence-electron chi connectivity index (χ3n) is 1.06. The van der Waals surface area contributed by atoms with Crippen molar-refractivity contribution >= 4 is 0 Å². The SMILES string of the molecule is CC(C)OC(F)(F)C(C)C. The van der Waals surface area contributed by atoms with Crippen molar-refractivity contribution < 1.29 is 13.5 Å². The van der Waals surface area contributed by atoms with E-state index in [4.69, 9.17) is 0 Å². The van der Waals surface area contributed by atoms with E-state index < -0.39 is 18.1 Å². The Morgan fingerprint density at radius 3 is 1.60 bits per heavy atom. The Kier molecular flexibility index (Phi) is 3.22. The molecule has 62 valence electrons. The fraction of sp³-hybridized carbons (Fsp3) is 1.00. The van der Waals surface area contributed by atoms with Crippen molar-refractivity contribution in [1.29, 1.82) is 0 Å². The van der Waals surface area contributed by atoms with Crippen molar-refractivity contribution in [3.63, 3.8) is 0 Å². The molecule has 0 saturated heterocycles. The zero-order chi connectivity index (χ0) is 8.36. The summed E-state index contributed by atoms with van der Waals surface area (Å²) in [4.78, 5) is 0. The summed E-state index contributed by atoms with van der Waals surface area (Å²) in [5, 5.41) is 0. The quantitative estimate of drug-likeness (QED) is 0.604. The van der Waals surface area contributed by atoms with E-state index in [1.54, 1.807) is 13.8 Å². The summed E-state index contributed by atoms with van der Waals surface area (Å²) in [5.74, 6) is -0.755. The van der Waals surface area contributed by atoms with Crippen molar-refractivity contribution in [1.82, 2.24) is 0 Å². The third kappa shape index (κ3) is 3.11. The van der Waals surface area contributed by atoms with Gasteiger partial charge in [-0.15, -0.1) is 0 Å². The summed E-state index contributed by atoms with van der Waals surface area (Å²) >= 11 is 0. The van der Waals surface area contributed by atoms with Crippen LogP contribution in [0.5, 0.6) is 0 Å². The summed E-state index contributed by atoms with van der Waals surface area (Å²) in [7, 11) is 0. The number of alkyl halides is 2. The van der Waals surface area contributed by atoms with Crippen LogP contribution in [0, 0.1) is 5.92 Å². The minimum Gasteiger partial charge on any atom is -0.318 e. The monoisotopic (exact) mass is 152 g/mol. The molecule has 0 aromatic rings. The molecule has 0 heterocycles. The van der Waals surface area contributed by atoms with Gasteiger partial charge in [0.25, 0.3) is 0 Å².